The molecule has 2 unspecified atom stereocenters. The maximum atomic E-state index is 13.8. The number of amides is 5. The van der Waals surface area contributed by atoms with Gasteiger partial charge < -0.3 is 20.0 Å². The Morgan fingerprint density at radius 3 is 2.46 bits per heavy atom. The number of carbonyl (C=O) groups is 4. The van der Waals surface area contributed by atoms with Gasteiger partial charge in [-0.3, -0.25) is 19.7 Å². The third kappa shape index (κ3) is 5.36. The molecule has 206 valence electrons. The predicted octanol–water partition coefficient (Wildman–Crippen LogP) is 2.29. The van der Waals surface area contributed by atoms with E-state index in [9.17, 15) is 28.0 Å². The van der Waals surface area contributed by atoms with E-state index in [1.807, 2.05) is 13.1 Å². The third-order valence-electron chi connectivity index (χ3n) is 7.96. The van der Waals surface area contributed by atoms with Gasteiger partial charge in [-0.15, -0.1) is 0 Å². The van der Waals surface area contributed by atoms with Crippen molar-refractivity contribution in [3.8, 4) is 0 Å². The zero-order valence-electron chi connectivity index (χ0n) is 21.9. The molecule has 2 heterocycles. The van der Waals surface area contributed by atoms with E-state index >= 15 is 0 Å². The summed E-state index contributed by atoms with van der Waals surface area (Å²) in [6.07, 6.45) is 2.23. The molecule has 2 N–H and O–H groups in total. The summed E-state index contributed by atoms with van der Waals surface area (Å²) in [6, 6.07) is 7.95. The summed E-state index contributed by atoms with van der Waals surface area (Å²) in [6.45, 7) is 1.03. The fraction of sp³-hybridized carbons (Fsp3) is 0.429. The lowest BCUT2D eigenvalue weighted by Gasteiger charge is -2.33. The molecule has 39 heavy (non-hydrogen) atoms. The van der Waals surface area contributed by atoms with Crippen LogP contribution in [0, 0.1) is 17.6 Å². The van der Waals surface area contributed by atoms with Crippen LogP contribution in [0.25, 0.3) is 0 Å². The summed E-state index contributed by atoms with van der Waals surface area (Å²) in [5.74, 6) is -2.85. The Morgan fingerprint density at radius 1 is 1.08 bits per heavy atom. The minimum Gasteiger partial charge on any atom is -0.329 e. The van der Waals surface area contributed by atoms with Crippen molar-refractivity contribution < 1.29 is 28.0 Å². The number of fused-ring (bicyclic) bond motifs is 1. The van der Waals surface area contributed by atoms with E-state index in [-0.39, 0.29) is 36.4 Å². The number of halogens is 2. The Bertz CT molecular complexity index is 1330. The molecule has 2 atom stereocenters. The second-order valence-corrected chi connectivity index (χ2v) is 10.8. The van der Waals surface area contributed by atoms with Crippen molar-refractivity contribution in [1.82, 2.24) is 20.0 Å². The van der Waals surface area contributed by atoms with Crippen LogP contribution in [0.4, 0.5) is 19.3 Å². The number of anilines is 1. The number of nitrogens with one attached hydrogen (secondary N) is 2. The van der Waals surface area contributed by atoms with Crippen molar-refractivity contribution >= 4 is 29.4 Å². The lowest BCUT2D eigenvalue weighted by molar-refractivity contribution is -0.140. The van der Waals surface area contributed by atoms with E-state index in [0.29, 0.717) is 31.5 Å². The average molecular weight is 540 g/mol. The van der Waals surface area contributed by atoms with Gasteiger partial charge in [0.05, 0.1) is 5.92 Å². The zero-order valence-corrected chi connectivity index (χ0v) is 21.9. The summed E-state index contributed by atoms with van der Waals surface area (Å²) in [7, 11) is 3.52. The second-order valence-electron chi connectivity index (χ2n) is 10.8. The molecule has 1 aliphatic carbocycles. The van der Waals surface area contributed by atoms with Gasteiger partial charge in [0.15, 0.2) is 0 Å². The lowest BCUT2D eigenvalue weighted by Crippen LogP contribution is -2.48. The molecule has 2 aromatic rings. The molecule has 5 amide bonds. The van der Waals surface area contributed by atoms with Crippen LogP contribution in [0.15, 0.2) is 36.4 Å². The third-order valence-corrected chi connectivity index (χ3v) is 7.96. The molecule has 9 nitrogen and oxygen atoms in total. The van der Waals surface area contributed by atoms with E-state index in [1.165, 1.54) is 9.80 Å². The number of piperidine rings is 1. The first-order valence-corrected chi connectivity index (χ1v) is 13.0. The SMILES string of the molecule is CN1CCCC(C(=O)N(CC(=O)Nc2ccc3c(c2)CC2(C3)C(=O)NC(=O)N2C)Cc2cc(F)cc(F)c2)C1. The number of rotatable bonds is 6. The fourth-order valence-electron chi connectivity index (χ4n) is 5.91. The minimum absolute atomic E-state index is 0.108. The first-order valence-electron chi connectivity index (χ1n) is 13.0. The second kappa shape index (κ2) is 10.4. The van der Waals surface area contributed by atoms with Crippen molar-refractivity contribution in [2.24, 2.45) is 5.92 Å². The zero-order chi connectivity index (χ0) is 27.9. The largest absolute Gasteiger partial charge is 0.329 e. The number of imide groups is 1. The van der Waals surface area contributed by atoms with Crippen molar-refractivity contribution in [1.29, 1.82) is 0 Å². The number of hydrogen-bond donors (Lipinski definition) is 2. The quantitative estimate of drug-likeness (QED) is 0.549. The molecule has 0 radical (unpaired) electrons. The Kier molecular flexibility index (Phi) is 7.11. The number of urea groups is 1. The van der Waals surface area contributed by atoms with Crippen LogP contribution < -0.4 is 10.6 Å². The highest BCUT2D eigenvalue weighted by molar-refractivity contribution is 6.07. The van der Waals surface area contributed by atoms with Gasteiger partial charge in [0.1, 0.15) is 23.7 Å². The highest BCUT2D eigenvalue weighted by atomic mass is 19.1. The van der Waals surface area contributed by atoms with Gasteiger partial charge in [-0.05, 0) is 67.4 Å². The van der Waals surface area contributed by atoms with Crippen molar-refractivity contribution in [2.45, 2.75) is 37.8 Å². The molecular formula is C28H31F2N5O4. The van der Waals surface area contributed by atoms with Crippen LogP contribution in [0.1, 0.15) is 29.5 Å². The minimum atomic E-state index is -0.974. The van der Waals surface area contributed by atoms with Gasteiger partial charge in [-0.25, -0.2) is 13.6 Å². The highest BCUT2D eigenvalue weighted by Gasteiger charge is 2.54. The summed E-state index contributed by atoms with van der Waals surface area (Å²) >= 11 is 0. The molecule has 5 rings (SSSR count). The summed E-state index contributed by atoms with van der Waals surface area (Å²) < 4.78 is 27.7. The summed E-state index contributed by atoms with van der Waals surface area (Å²) in [5, 5.41) is 5.18. The van der Waals surface area contributed by atoms with Gasteiger partial charge in [0.25, 0.3) is 5.91 Å². The molecule has 2 aromatic carbocycles. The number of benzene rings is 2. The van der Waals surface area contributed by atoms with Crippen LogP contribution >= 0.6 is 0 Å². The molecule has 1 spiro atoms. The van der Waals surface area contributed by atoms with E-state index in [0.717, 1.165) is 42.3 Å². The Balaban J connectivity index is 1.31. The molecule has 0 bridgehead atoms. The maximum Gasteiger partial charge on any atom is 0.324 e. The molecule has 2 saturated heterocycles. The first kappa shape index (κ1) is 26.7. The fourth-order valence-corrected chi connectivity index (χ4v) is 5.91. The number of nitrogens with zero attached hydrogens (tertiary/aromatic N) is 3. The van der Waals surface area contributed by atoms with Gasteiger partial charge >= 0.3 is 6.03 Å². The van der Waals surface area contributed by atoms with Crippen LogP contribution in [0.2, 0.25) is 0 Å². The number of likely N-dealkylation sites (tertiary alicyclic amines) is 1. The topological polar surface area (TPSA) is 102 Å². The van der Waals surface area contributed by atoms with Crippen molar-refractivity contribution in [2.75, 3.05) is 39.0 Å². The van der Waals surface area contributed by atoms with Crippen LogP contribution in [0.3, 0.4) is 0 Å². The van der Waals surface area contributed by atoms with Crippen LogP contribution in [-0.2, 0) is 33.8 Å². The molecule has 2 aliphatic heterocycles. The van der Waals surface area contributed by atoms with E-state index in [2.05, 4.69) is 15.5 Å². The molecule has 0 saturated carbocycles. The number of likely N-dealkylation sites (N-methyl/N-ethyl adjacent to an activating group) is 1. The summed E-state index contributed by atoms with van der Waals surface area (Å²) in [5.41, 5.74) is 1.53. The summed E-state index contributed by atoms with van der Waals surface area (Å²) in [4.78, 5) is 56.0. The Hall–Kier alpha value is -3.86. The monoisotopic (exact) mass is 539 g/mol. The molecule has 3 aliphatic rings. The number of carbonyl (C=O) groups excluding carboxylic acids is 4. The van der Waals surface area contributed by atoms with Crippen molar-refractivity contribution in [3.05, 3.63) is 64.7 Å². The lowest BCUT2D eigenvalue weighted by atomic mass is 9.95. The van der Waals surface area contributed by atoms with Gasteiger partial charge in [0.2, 0.25) is 11.8 Å². The maximum absolute atomic E-state index is 13.8. The molecule has 2 fully saturated rings. The van der Waals surface area contributed by atoms with Crippen LogP contribution in [-0.4, -0.2) is 77.7 Å². The van der Waals surface area contributed by atoms with Crippen molar-refractivity contribution in [3.63, 3.8) is 0 Å². The average Bonchev–Trinajstić information content (AvgIpc) is 3.35. The van der Waals surface area contributed by atoms with E-state index in [4.69, 9.17) is 0 Å². The van der Waals surface area contributed by atoms with E-state index < -0.39 is 29.1 Å². The molecular weight excluding hydrogens is 508 g/mol. The van der Waals surface area contributed by atoms with Gasteiger partial charge in [-0.1, -0.05) is 6.07 Å². The van der Waals surface area contributed by atoms with Gasteiger partial charge in [0, 0.05) is 44.7 Å². The smallest absolute Gasteiger partial charge is 0.324 e. The predicted molar refractivity (Wildman–Crippen MR) is 139 cm³/mol. The normalized spacial score (nSPS) is 22.7. The Labute approximate surface area is 225 Å². The van der Waals surface area contributed by atoms with E-state index in [1.54, 1.807) is 19.2 Å². The van der Waals surface area contributed by atoms with Gasteiger partial charge in [-0.2, -0.15) is 0 Å². The first-order chi connectivity index (χ1) is 18.5. The molecule has 0 aromatic heterocycles. The Morgan fingerprint density at radius 2 is 1.79 bits per heavy atom. The standard InChI is InChI=1S/C28H31F2N5O4/c1-33-7-3-4-19(15-33)25(37)35(14-17-8-21(29)11-22(30)9-17)16-24(36)31-23-6-5-18-12-28(13-20(18)10-23)26(38)32-27(39)34(28)2/h5-6,8-11,19H,3-4,7,12-16H2,1-2H3,(H,31,36)(H,32,38,39). The number of hydrogen-bond acceptors (Lipinski definition) is 5. The van der Waals surface area contributed by atoms with Crippen LogP contribution in [0.5, 0.6) is 0 Å². The highest BCUT2D eigenvalue weighted by Crippen LogP contribution is 2.38. The molecule has 11 heteroatoms.